The maximum absolute atomic E-state index is 6.38. The SMILES string of the molecule is Clc1cccc([C@H]2CN(Cc3ccccc3)CC2CN2CCC(c3ccccc3)CC2)c1. The van der Waals surface area contributed by atoms with Gasteiger partial charge in [-0.05, 0) is 66.6 Å². The average molecular weight is 445 g/mol. The molecule has 3 aromatic carbocycles. The van der Waals surface area contributed by atoms with E-state index >= 15 is 0 Å². The third kappa shape index (κ3) is 5.26. The van der Waals surface area contributed by atoms with E-state index in [1.165, 1.54) is 49.2 Å². The van der Waals surface area contributed by atoms with Crippen LogP contribution in [0.15, 0.2) is 84.9 Å². The van der Waals surface area contributed by atoms with E-state index in [2.05, 4.69) is 88.7 Å². The second kappa shape index (κ2) is 10.2. The highest BCUT2D eigenvalue weighted by Crippen LogP contribution is 2.36. The molecule has 0 bridgehead atoms. The maximum atomic E-state index is 6.38. The van der Waals surface area contributed by atoms with Crippen LogP contribution in [0.3, 0.4) is 0 Å². The quantitative estimate of drug-likeness (QED) is 0.432. The zero-order valence-corrected chi connectivity index (χ0v) is 19.5. The Hall–Kier alpha value is -2.13. The van der Waals surface area contributed by atoms with Crippen molar-refractivity contribution < 1.29 is 0 Å². The van der Waals surface area contributed by atoms with E-state index in [1.807, 2.05) is 6.07 Å². The Morgan fingerprint density at radius 1 is 0.719 bits per heavy atom. The summed E-state index contributed by atoms with van der Waals surface area (Å²) in [5, 5.41) is 0.853. The number of benzene rings is 3. The van der Waals surface area contributed by atoms with Crippen LogP contribution in [0.5, 0.6) is 0 Å². The second-order valence-corrected chi connectivity index (χ2v) is 10.0. The second-order valence-electron chi connectivity index (χ2n) is 9.59. The fraction of sp³-hybridized carbons (Fsp3) is 0.379. The van der Waals surface area contributed by atoms with Crippen molar-refractivity contribution >= 4 is 11.6 Å². The molecule has 0 aliphatic carbocycles. The van der Waals surface area contributed by atoms with Crippen molar-refractivity contribution in [2.24, 2.45) is 5.92 Å². The first kappa shape index (κ1) is 21.7. The maximum Gasteiger partial charge on any atom is 0.0408 e. The van der Waals surface area contributed by atoms with Crippen LogP contribution in [0, 0.1) is 5.92 Å². The number of hydrogen-bond acceptors (Lipinski definition) is 2. The summed E-state index contributed by atoms with van der Waals surface area (Å²) in [7, 11) is 0. The Labute approximate surface area is 197 Å². The van der Waals surface area contributed by atoms with Crippen molar-refractivity contribution in [3.05, 3.63) is 107 Å². The lowest BCUT2D eigenvalue weighted by atomic mass is 9.86. The average Bonchev–Trinajstić information content (AvgIpc) is 3.23. The molecule has 2 atom stereocenters. The van der Waals surface area contributed by atoms with Crippen LogP contribution in [-0.4, -0.2) is 42.5 Å². The Morgan fingerprint density at radius 2 is 1.41 bits per heavy atom. The van der Waals surface area contributed by atoms with E-state index < -0.39 is 0 Å². The lowest BCUT2D eigenvalue weighted by molar-refractivity contribution is 0.177. The molecule has 3 aromatic rings. The van der Waals surface area contributed by atoms with E-state index in [9.17, 15) is 0 Å². The van der Waals surface area contributed by atoms with Crippen molar-refractivity contribution in [2.45, 2.75) is 31.2 Å². The summed E-state index contributed by atoms with van der Waals surface area (Å²) in [6.07, 6.45) is 2.54. The lowest BCUT2D eigenvalue weighted by Crippen LogP contribution is -2.38. The molecule has 2 nitrogen and oxygen atoms in total. The van der Waals surface area contributed by atoms with Gasteiger partial charge < -0.3 is 4.90 Å². The van der Waals surface area contributed by atoms with Crippen LogP contribution in [0.4, 0.5) is 0 Å². The van der Waals surface area contributed by atoms with Gasteiger partial charge in [-0.25, -0.2) is 0 Å². The number of halogens is 1. The van der Waals surface area contributed by atoms with Gasteiger partial charge in [0.2, 0.25) is 0 Å². The lowest BCUT2D eigenvalue weighted by Gasteiger charge is -2.35. The summed E-state index contributed by atoms with van der Waals surface area (Å²) >= 11 is 6.38. The molecule has 2 fully saturated rings. The first-order valence-electron chi connectivity index (χ1n) is 12.0. The van der Waals surface area contributed by atoms with E-state index in [4.69, 9.17) is 11.6 Å². The van der Waals surface area contributed by atoms with E-state index in [0.717, 1.165) is 24.7 Å². The Bertz CT molecular complexity index is 982. The van der Waals surface area contributed by atoms with Gasteiger partial charge >= 0.3 is 0 Å². The first-order valence-corrected chi connectivity index (χ1v) is 12.4. The molecule has 0 saturated carbocycles. The van der Waals surface area contributed by atoms with Gasteiger partial charge in [0.1, 0.15) is 0 Å². The van der Waals surface area contributed by atoms with Gasteiger partial charge in [-0.3, -0.25) is 4.90 Å². The number of nitrogens with zero attached hydrogens (tertiary/aromatic N) is 2. The number of likely N-dealkylation sites (tertiary alicyclic amines) is 2. The van der Waals surface area contributed by atoms with Crippen molar-refractivity contribution in [2.75, 3.05) is 32.7 Å². The van der Waals surface area contributed by atoms with Crippen molar-refractivity contribution in [1.82, 2.24) is 9.80 Å². The van der Waals surface area contributed by atoms with Gasteiger partial charge in [0.05, 0.1) is 0 Å². The minimum atomic E-state index is 0.546. The highest BCUT2D eigenvalue weighted by Gasteiger charge is 2.35. The van der Waals surface area contributed by atoms with Gasteiger partial charge in [0, 0.05) is 37.1 Å². The molecule has 0 spiro atoms. The molecule has 3 heteroatoms. The minimum Gasteiger partial charge on any atom is -0.303 e. The third-order valence-electron chi connectivity index (χ3n) is 7.39. The van der Waals surface area contributed by atoms with Gasteiger partial charge in [-0.1, -0.05) is 84.4 Å². The predicted octanol–water partition coefficient (Wildman–Crippen LogP) is 6.44. The number of rotatable bonds is 6. The van der Waals surface area contributed by atoms with Crippen molar-refractivity contribution in [3.63, 3.8) is 0 Å². The smallest absolute Gasteiger partial charge is 0.0408 e. The molecule has 0 amide bonds. The molecule has 2 heterocycles. The summed E-state index contributed by atoms with van der Waals surface area (Å²) in [5.41, 5.74) is 4.32. The molecule has 2 aliphatic heterocycles. The van der Waals surface area contributed by atoms with Gasteiger partial charge in [0.15, 0.2) is 0 Å². The Kier molecular flexibility index (Phi) is 6.92. The van der Waals surface area contributed by atoms with Crippen molar-refractivity contribution in [1.29, 1.82) is 0 Å². The van der Waals surface area contributed by atoms with Gasteiger partial charge in [0.25, 0.3) is 0 Å². The predicted molar refractivity (Wildman–Crippen MR) is 134 cm³/mol. The van der Waals surface area contributed by atoms with Crippen molar-refractivity contribution in [3.8, 4) is 0 Å². The number of piperidine rings is 1. The van der Waals surface area contributed by atoms with Crippen LogP contribution < -0.4 is 0 Å². The molecule has 5 rings (SSSR count). The van der Waals surface area contributed by atoms with Gasteiger partial charge in [-0.15, -0.1) is 0 Å². The third-order valence-corrected chi connectivity index (χ3v) is 7.63. The van der Waals surface area contributed by atoms with Crippen LogP contribution in [0.1, 0.15) is 41.4 Å². The molecule has 32 heavy (non-hydrogen) atoms. The van der Waals surface area contributed by atoms with E-state index in [-0.39, 0.29) is 0 Å². The summed E-state index contributed by atoms with van der Waals surface area (Å²) in [5.74, 6) is 1.91. The monoisotopic (exact) mass is 444 g/mol. The summed E-state index contributed by atoms with van der Waals surface area (Å²) in [4.78, 5) is 5.36. The van der Waals surface area contributed by atoms with E-state index in [1.54, 1.807) is 0 Å². The van der Waals surface area contributed by atoms with Crippen LogP contribution >= 0.6 is 11.6 Å². The highest BCUT2D eigenvalue weighted by atomic mass is 35.5. The largest absolute Gasteiger partial charge is 0.303 e. The molecular weight excluding hydrogens is 412 g/mol. The molecule has 0 aromatic heterocycles. The molecule has 0 radical (unpaired) electrons. The normalized spacial score (nSPS) is 22.9. The summed E-state index contributed by atoms with van der Waals surface area (Å²) in [6.45, 7) is 6.90. The zero-order chi connectivity index (χ0) is 21.8. The standard InChI is InChI=1S/C29H33ClN2/c30-28-13-7-12-26(18-28)29-22-32(19-23-8-3-1-4-9-23)21-27(29)20-31-16-14-25(15-17-31)24-10-5-2-6-11-24/h1-13,18,25,27,29H,14-17,19-22H2/t27?,29-/m1/s1. The van der Waals surface area contributed by atoms with Gasteiger partial charge in [-0.2, -0.15) is 0 Å². The molecule has 1 unspecified atom stereocenters. The molecule has 2 aliphatic rings. The van der Waals surface area contributed by atoms with E-state index in [0.29, 0.717) is 17.8 Å². The van der Waals surface area contributed by atoms with Crippen LogP contribution in [-0.2, 0) is 6.54 Å². The topological polar surface area (TPSA) is 6.48 Å². The Morgan fingerprint density at radius 3 is 2.12 bits per heavy atom. The fourth-order valence-electron chi connectivity index (χ4n) is 5.74. The molecule has 166 valence electrons. The molecular formula is C29H33ClN2. The molecule has 0 N–H and O–H groups in total. The summed E-state index contributed by atoms with van der Waals surface area (Å²) < 4.78 is 0. The highest BCUT2D eigenvalue weighted by molar-refractivity contribution is 6.30. The van der Waals surface area contributed by atoms with Crippen LogP contribution in [0.2, 0.25) is 5.02 Å². The molecule has 2 saturated heterocycles. The summed E-state index contributed by atoms with van der Waals surface area (Å²) in [6, 6.07) is 30.5. The first-order chi connectivity index (χ1) is 15.7. The minimum absolute atomic E-state index is 0.546. The van der Waals surface area contributed by atoms with Crippen LogP contribution in [0.25, 0.3) is 0 Å². The fourth-order valence-corrected chi connectivity index (χ4v) is 5.94. The zero-order valence-electron chi connectivity index (χ0n) is 18.7. The Balaban J connectivity index is 1.26. The number of hydrogen-bond donors (Lipinski definition) is 0.